The van der Waals surface area contributed by atoms with Crippen molar-refractivity contribution in [1.29, 1.82) is 0 Å². The molecule has 0 bridgehead atoms. The van der Waals surface area contributed by atoms with Gasteiger partial charge in [0.2, 0.25) is 0 Å². The van der Waals surface area contributed by atoms with E-state index >= 15 is 0 Å². The van der Waals surface area contributed by atoms with Crippen LogP contribution in [-0.2, 0) is 12.7 Å². The quantitative estimate of drug-likeness (QED) is 0.879. The van der Waals surface area contributed by atoms with Gasteiger partial charge in [0.05, 0.1) is 24.5 Å². The fourth-order valence-electron chi connectivity index (χ4n) is 1.47. The van der Waals surface area contributed by atoms with Crippen molar-refractivity contribution in [1.82, 2.24) is 9.78 Å². The van der Waals surface area contributed by atoms with Crippen molar-refractivity contribution >= 4 is 0 Å². The summed E-state index contributed by atoms with van der Waals surface area (Å²) in [5.41, 5.74) is -0.214. The van der Waals surface area contributed by atoms with Crippen LogP contribution >= 0.6 is 0 Å². The van der Waals surface area contributed by atoms with E-state index in [1.165, 1.54) is 23.1 Å². The molecule has 0 aliphatic carbocycles. The molecule has 0 radical (unpaired) electrons. The largest absolute Gasteiger partial charge is 0.505 e. The SMILES string of the molecule is Oc1cnn(Cc2cccc(C(F)(F)F)c2)c1. The molecule has 1 aromatic carbocycles. The molecule has 0 aliphatic rings. The third kappa shape index (κ3) is 2.77. The van der Waals surface area contributed by atoms with Gasteiger partial charge < -0.3 is 5.11 Å². The zero-order valence-corrected chi connectivity index (χ0v) is 8.65. The summed E-state index contributed by atoms with van der Waals surface area (Å²) in [4.78, 5) is 0. The lowest BCUT2D eigenvalue weighted by Gasteiger charge is -2.08. The number of alkyl halides is 3. The van der Waals surface area contributed by atoms with E-state index in [0.29, 0.717) is 5.56 Å². The summed E-state index contributed by atoms with van der Waals surface area (Å²) in [6.45, 7) is 0.185. The first-order valence-corrected chi connectivity index (χ1v) is 4.83. The van der Waals surface area contributed by atoms with E-state index in [9.17, 15) is 13.2 Å². The van der Waals surface area contributed by atoms with Crippen molar-refractivity contribution in [3.63, 3.8) is 0 Å². The van der Waals surface area contributed by atoms with E-state index in [4.69, 9.17) is 5.11 Å². The molecular weight excluding hydrogens is 233 g/mol. The highest BCUT2D eigenvalue weighted by Crippen LogP contribution is 2.29. The smallest absolute Gasteiger partial charge is 0.416 e. The van der Waals surface area contributed by atoms with Gasteiger partial charge in [-0.05, 0) is 17.7 Å². The summed E-state index contributed by atoms with van der Waals surface area (Å²) < 4.78 is 38.7. The van der Waals surface area contributed by atoms with Crippen LogP contribution < -0.4 is 0 Å². The van der Waals surface area contributed by atoms with E-state index in [1.807, 2.05) is 0 Å². The molecule has 0 saturated heterocycles. The lowest BCUT2D eigenvalue weighted by molar-refractivity contribution is -0.137. The molecule has 90 valence electrons. The van der Waals surface area contributed by atoms with Crippen molar-refractivity contribution in [3.8, 4) is 5.75 Å². The molecular formula is C11H9F3N2O. The number of aromatic nitrogens is 2. The lowest BCUT2D eigenvalue weighted by Crippen LogP contribution is -2.07. The Bertz CT molecular complexity index is 519. The monoisotopic (exact) mass is 242 g/mol. The minimum atomic E-state index is -4.34. The van der Waals surface area contributed by atoms with Gasteiger partial charge in [-0.3, -0.25) is 4.68 Å². The van der Waals surface area contributed by atoms with Gasteiger partial charge in [-0.1, -0.05) is 12.1 Å². The van der Waals surface area contributed by atoms with Crippen LogP contribution in [0.5, 0.6) is 5.75 Å². The molecule has 0 saturated carbocycles. The van der Waals surface area contributed by atoms with Crippen LogP contribution in [0.3, 0.4) is 0 Å². The van der Waals surface area contributed by atoms with Gasteiger partial charge >= 0.3 is 6.18 Å². The number of nitrogens with zero attached hydrogens (tertiary/aromatic N) is 2. The van der Waals surface area contributed by atoms with Gasteiger partial charge in [0, 0.05) is 0 Å². The summed E-state index contributed by atoms with van der Waals surface area (Å²) in [6.07, 6.45) is -1.77. The molecule has 0 aliphatic heterocycles. The Labute approximate surface area is 95.1 Å². The molecule has 17 heavy (non-hydrogen) atoms. The highest BCUT2D eigenvalue weighted by molar-refractivity contribution is 5.26. The Kier molecular flexibility index (Phi) is 2.79. The average Bonchev–Trinajstić information content (AvgIpc) is 2.63. The minimum absolute atomic E-state index is 0.0167. The van der Waals surface area contributed by atoms with Crippen molar-refractivity contribution < 1.29 is 18.3 Å². The number of benzene rings is 1. The maximum atomic E-state index is 12.4. The predicted octanol–water partition coefficient (Wildman–Crippen LogP) is 2.66. The molecule has 1 heterocycles. The van der Waals surface area contributed by atoms with Gasteiger partial charge in [-0.2, -0.15) is 18.3 Å². The van der Waals surface area contributed by atoms with Crippen LogP contribution in [0.1, 0.15) is 11.1 Å². The summed E-state index contributed by atoms with van der Waals surface area (Å²) in [5, 5.41) is 12.8. The molecule has 0 unspecified atom stereocenters. The van der Waals surface area contributed by atoms with Crippen LogP contribution in [-0.4, -0.2) is 14.9 Å². The van der Waals surface area contributed by atoms with E-state index in [2.05, 4.69) is 5.10 Å². The van der Waals surface area contributed by atoms with Crippen LogP contribution in [0.25, 0.3) is 0 Å². The van der Waals surface area contributed by atoms with Crippen LogP contribution in [0.15, 0.2) is 36.7 Å². The second kappa shape index (κ2) is 4.12. The maximum absolute atomic E-state index is 12.4. The molecule has 0 spiro atoms. The topological polar surface area (TPSA) is 38.1 Å². The Balaban J connectivity index is 2.22. The molecule has 1 aromatic heterocycles. The number of halogens is 3. The third-order valence-corrected chi connectivity index (χ3v) is 2.22. The van der Waals surface area contributed by atoms with Gasteiger partial charge in [0.15, 0.2) is 5.75 Å². The Hall–Kier alpha value is -1.98. The van der Waals surface area contributed by atoms with E-state index in [0.717, 1.165) is 12.1 Å². The van der Waals surface area contributed by atoms with Crippen LogP contribution in [0, 0.1) is 0 Å². The number of hydrogen-bond donors (Lipinski definition) is 1. The fraction of sp³-hybridized carbons (Fsp3) is 0.182. The molecule has 2 aromatic rings. The molecule has 6 heteroatoms. The van der Waals surface area contributed by atoms with Crippen molar-refractivity contribution in [2.75, 3.05) is 0 Å². The third-order valence-electron chi connectivity index (χ3n) is 2.22. The fourth-order valence-corrected chi connectivity index (χ4v) is 1.47. The molecule has 3 nitrogen and oxygen atoms in total. The molecule has 0 amide bonds. The summed E-state index contributed by atoms with van der Waals surface area (Å²) in [7, 11) is 0. The molecule has 0 fully saturated rings. The standard InChI is InChI=1S/C11H9F3N2O/c12-11(13,14)9-3-1-2-8(4-9)6-16-7-10(17)5-15-16/h1-5,7,17H,6H2. The van der Waals surface area contributed by atoms with Crippen LogP contribution in [0.2, 0.25) is 0 Å². The second-order valence-corrected chi connectivity index (χ2v) is 3.59. The summed E-state index contributed by atoms with van der Waals surface area (Å²) in [6, 6.07) is 5.01. The predicted molar refractivity (Wildman–Crippen MR) is 54.4 cm³/mol. The molecule has 0 atom stereocenters. The summed E-state index contributed by atoms with van der Waals surface area (Å²) >= 11 is 0. The van der Waals surface area contributed by atoms with Gasteiger partial charge in [-0.15, -0.1) is 0 Å². The van der Waals surface area contributed by atoms with Gasteiger partial charge in [0.1, 0.15) is 0 Å². The van der Waals surface area contributed by atoms with Crippen molar-refractivity contribution in [2.45, 2.75) is 12.7 Å². The van der Waals surface area contributed by atoms with E-state index in [1.54, 1.807) is 6.07 Å². The molecule has 1 N–H and O–H groups in total. The minimum Gasteiger partial charge on any atom is -0.505 e. The van der Waals surface area contributed by atoms with E-state index < -0.39 is 11.7 Å². The molecule has 2 rings (SSSR count). The first kappa shape index (κ1) is 11.5. The van der Waals surface area contributed by atoms with Gasteiger partial charge in [0.25, 0.3) is 0 Å². The maximum Gasteiger partial charge on any atom is 0.416 e. The highest BCUT2D eigenvalue weighted by Gasteiger charge is 2.30. The van der Waals surface area contributed by atoms with Crippen LogP contribution in [0.4, 0.5) is 13.2 Å². The average molecular weight is 242 g/mol. The Morgan fingerprint density at radius 2 is 2.06 bits per heavy atom. The normalized spacial score (nSPS) is 11.7. The lowest BCUT2D eigenvalue weighted by atomic mass is 10.1. The number of aromatic hydroxyl groups is 1. The second-order valence-electron chi connectivity index (χ2n) is 3.59. The Morgan fingerprint density at radius 3 is 2.65 bits per heavy atom. The van der Waals surface area contributed by atoms with Crippen molar-refractivity contribution in [3.05, 3.63) is 47.8 Å². The van der Waals surface area contributed by atoms with Crippen molar-refractivity contribution in [2.24, 2.45) is 0 Å². The zero-order valence-electron chi connectivity index (χ0n) is 8.65. The zero-order chi connectivity index (χ0) is 12.5. The number of rotatable bonds is 2. The summed E-state index contributed by atoms with van der Waals surface area (Å²) in [5.74, 6) is -0.0167. The first-order chi connectivity index (χ1) is 7.95. The van der Waals surface area contributed by atoms with E-state index in [-0.39, 0.29) is 12.3 Å². The highest BCUT2D eigenvalue weighted by atomic mass is 19.4. The number of hydrogen-bond acceptors (Lipinski definition) is 2. The van der Waals surface area contributed by atoms with Gasteiger partial charge in [-0.25, -0.2) is 0 Å². The Morgan fingerprint density at radius 1 is 1.29 bits per heavy atom. The first-order valence-electron chi connectivity index (χ1n) is 4.83.